The lowest BCUT2D eigenvalue weighted by Gasteiger charge is -2.07. The first-order valence-electron chi connectivity index (χ1n) is 6.63. The van der Waals surface area contributed by atoms with Gasteiger partial charge in [0.1, 0.15) is 16.4 Å². The van der Waals surface area contributed by atoms with Crippen molar-refractivity contribution in [2.24, 2.45) is 0 Å². The Balaban J connectivity index is 1.88. The number of rotatable bonds is 4. The van der Waals surface area contributed by atoms with Crippen molar-refractivity contribution >= 4 is 39.0 Å². The molecule has 2 aromatic heterocycles. The normalized spacial score (nSPS) is 11.0. The quantitative estimate of drug-likeness (QED) is 0.707. The molecule has 0 bridgehead atoms. The Morgan fingerprint density at radius 3 is 2.71 bits per heavy atom. The summed E-state index contributed by atoms with van der Waals surface area (Å²) in [7, 11) is 0. The Hall–Kier alpha value is -1.85. The second kappa shape index (κ2) is 5.87. The van der Waals surface area contributed by atoms with Crippen LogP contribution in [-0.2, 0) is 13.0 Å². The van der Waals surface area contributed by atoms with Crippen LogP contribution in [0.2, 0.25) is 5.28 Å². The second-order valence-corrected chi connectivity index (χ2v) is 6.10. The lowest BCUT2D eigenvalue weighted by atomic mass is 10.2. The van der Waals surface area contributed by atoms with Crippen molar-refractivity contribution in [3.63, 3.8) is 0 Å². The molecule has 0 amide bonds. The lowest BCUT2D eigenvalue weighted by Crippen LogP contribution is -2.02. The van der Waals surface area contributed by atoms with E-state index in [0.717, 1.165) is 28.0 Å². The molecule has 1 aromatic carbocycles. The summed E-state index contributed by atoms with van der Waals surface area (Å²) in [6.07, 6.45) is 0.968. The van der Waals surface area contributed by atoms with E-state index in [9.17, 15) is 5.11 Å². The number of thiophene rings is 1. The summed E-state index contributed by atoms with van der Waals surface area (Å²) in [5.41, 5.74) is 1.06. The van der Waals surface area contributed by atoms with Crippen molar-refractivity contribution in [3.8, 4) is 5.75 Å². The van der Waals surface area contributed by atoms with Gasteiger partial charge in [0.2, 0.25) is 5.28 Å². The molecule has 2 N–H and O–H groups in total. The molecule has 0 aliphatic carbocycles. The van der Waals surface area contributed by atoms with E-state index < -0.39 is 0 Å². The third-order valence-corrected chi connectivity index (χ3v) is 4.50. The molecule has 6 heteroatoms. The van der Waals surface area contributed by atoms with Crippen LogP contribution in [0.5, 0.6) is 5.75 Å². The minimum absolute atomic E-state index is 0.250. The van der Waals surface area contributed by atoms with Crippen LogP contribution in [0, 0.1) is 0 Å². The number of aryl methyl sites for hydroxylation is 1. The number of aromatic hydroxyl groups is 1. The zero-order chi connectivity index (χ0) is 14.8. The molecule has 0 radical (unpaired) electrons. The van der Waals surface area contributed by atoms with E-state index in [-0.39, 0.29) is 11.0 Å². The largest absolute Gasteiger partial charge is 0.508 e. The average Bonchev–Trinajstić information content (AvgIpc) is 2.89. The van der Waals surface area contributed by atoms with E-state index >= 15 is 0 Å². The molecule has 0 atom stereocenters. The number of nitrogens with zero attached hydrogens (tertiary/aromatic N) is 2. The molecule has 3 rings (SSSR count). The van der Waals surface area contributed by atoms with Crippen molar-refractivity contribution in [3.05, 3.63) is 46.1 Å². The second-order valence-electron chi connectivity index (χ2n) is 4.65. The van der Waals surface area contributed by atoms with E-state index in [2.05, 4.69) is 28.3 Å². The number of phenols is 1. The van der Waals surface area contributed by atoms with Gasteiger partial charge in [-0.05, 0) is 41.8 Å². The standard InChI is InChI=1S/C15H14ClN3OS/c1-2-11-7-12-13(18-15(16)19-14(12)21-11)17-8-9-3-5-10(20)6-4-9/h3-7,20H,2,8H2,1H3,(H,17,18,19). The van der Waals surface area contributed by atoms with E-state index in [1.165, 1.54) is 4.88 Å². The van der Waals surface area contributed by atoms with Crippen LogP contribution in [0.3, 0.4) is 0 Å². The fourth-order valence-electron chi connectivity index (χ4n) is 2.05. The predicted molar refractivity (Wildman–Crippen MR) is 87.2 cm³/mol. The molecule has 0 saturated heterocycles. The molecule has 0 aliphatic rings. The molecule has 0 aliphatic heterocycles. The van der Waals surface area contributed by atoms with Gasteiger partial charge in [0.05, 0.1) is 5.39 Å². The van der Waals surface area contributed by atoms with E-state index in [1.54, 1.807) is 23.5 Å². The van der Waals surface area contributed by atoms with Gasteiger partial charge in [-0.2, -0.15) is 0 Å². The lowest BCUT2D eigenvalue weighted by molar-refractivity contribution is 0.475. The molecular weight excluding hydrogens is 306 g/mol. The maximum Gasteiger partial charge on any atom is 0.225 e. The van der Waals surface area contributed by atoms with Gasteiger partial charge in [0.25, 0.3) is 0 Å². The zero-order valence-corrected chi connectivity index (χ0v) is 13.0. The monoisotopic (exact) mass is 319 g/mol. The molecule has 2 heterocycles. The summed E-state index contributed by atoms with van der Waals surface area (Å²) in [5, 5.41) is 13.8. The first-order valence-corrected chi connectivity index (χ1v) is 7.83. The topological polar surface area (TPSA) is 58.0 Å². The Labute approximate surface area is 131 Å². The summed E-state index contributed by atoms with van der Waals surface area (Å²) in [4.78, 5) is 10.7. The highest BCUT2D eigenvalue weighted by Gasteiger charge is 2.10. The Kier molecular flexibility index (Phi) is 3.94. The van der Waals surface area contributed by atoms with E-state index in [4.69, 9.17) is 11.6 Å². The van der Waals surface area contributed by atoms with Gasteiger partial charge in [-0.3, -0.25) is 0 Å². The van der Waals surface area contributed by atoms with Crippen molar-refractivity contribution in [2.45, 2.75) is 19.9 Å². The number of halogens is 1. The SMILES string of the molecule is CCc1cc2c(NCc3ccc(O)cc3)nc(Cl)nc2s1. The Bertz CT molecular complexity index is 770. The third-order valence-electron chi connectivity index (χ3n) is 3.16. The van der Waals surface area contributed by atoms with Crippen molar-refractivity contribution in [1.29, 1.82) is 0 Å². The zero-order valence-electron chi connectivity index (χ0n) is 11.4. The fraction of sp³-hybridized carbons (Fsp3) is 0.200. The van der Waals surface area contributed by atoms with Crippen LogP contribution in [0.1, 0.15) is 17.4 Å². The highest BCUT2D eigenvalue weighted by atomic mass is 35.5. The van der Waals surface area contributed by atoms with Gasteiger partial charge in [0, 0.05) is 11.4 Å². The van der Waals surface area contributed by atoms with Crippen LogP contribution in [0.4, 0.5) is 5.82 Å². The molecule has 0 unspecified atom stereocenters. The van der Waals surface area contributed by atoms with Crippen LogP contribution in [0.15, 0.2) is 30.3 Å². The van der Waals surface area contributed by atoms with E-state index in [1.807, 2.05) is 12.1 Å². The number of nitrogens with one attached hydrogen (secondary N) is 1. The predicted octanol–water partition coefficient (Wildman–Crippen LogP) is 4.22. The number of aromatic nitrogens is 2. The van der Waals surface area contributed by atoms with Crippen LogP contribution in [-0.4, -0.2) is 15.1 Å². The van der Waals surface area contributed by atoms with Crippen molar-refractivity contribution in [2.75, 3.05) is 5.32 Å². The minimum atomic E-state index is 0.250. The summed E-state index contributed by atoms with van der Waals surface area (Å²) in [6, 6.07) is 9.18. The molecule has 4 nitrogen and oxygen atoms in total. The van der Waals surface area contributed by atoms with Crippen LogP contribution < -0.4 is 5.32 Å². The van der Waals surface area contributed by atoms with Gasteiger partial charge in [0.15, 0.2) is 0 Å². The summed E-state index contributed by atoms with van der Waals surface area (Å²) in [6.45, 7) is 2.73. The van der Waals surface area contributed by atoms with Crippen LogP contribution >= 0.6 is 22.9 Å². The molecule has 0 saturated carbocycles. The molecular formula is C15H14ClN3OS. The number of anilines is 1. The molecule has 108 valence electrons. The van der Waals surface area contributed by atoms with Gasteiger partial charge < -0.3 is 10.4 Å². The van der Waals surface area contributed by atoms with Crippen molar-refractivity contribution in [1.82, 2.24) is 9.97 Å². The number of phenolic OH excluding ortho intramolecular Hbond substituents is 1. The fourth-order valence-corrected chi connectivity index (χ4v) is 3.24. The van der Waals surface area contributed by atoms with Gasteiger partial charge >= 0.3 is 0 Å². The molecule has 0 fully saturated rings. The number of benzene rings is 1. The third kappa shape index (κ3) is 3.09. The summed E-state index contributed by atoms with van der Waals surface area (Å²) >= 11 is 7.63. The summed E-state index contributed by atoms with van der Waals surface area (Å²) < 4.78 is 0. The van der Waals surface area contributed by atoms with Gasteiger partial charge in [-0.1, -0.05) is 19.1 Å². The minimum Gasteiger partial charge on any atom is -0.508 e. The smallest absolute Gasteiger partial charge is 0.225 e. The highest BCUT2D eigenvalue weighted by molar-refractivity contribution is 7.18. The first kappa shape index (κ1) is 14.1. The van der Waals surface area contributed by atoms with Crippen LogP contribution in [0.25, 0.3) is 10.2 Å². The molecule has 3 aromatic rings. The highest BCUT2D eigenvalue weighted by Crippen LogP contribution is 2.30. The number of fused-ring (bicyclic) bond motifs is 1. The Morgan fingerprint density at radius 2 is 2.00 bits per heavy atom. The maximum atomic E-state index is 9.29. The molecule has 21 heavy (non-hydrogen) atoms. The van der Waals surface area contributed by atoms with Gasteiger partial charge in [-0.25, -0.2) is 9.97 Å². The number of hydrogen-bond acceptors (Lipinski definition) is 5. The first-order chi connectivity index (χ1) is 10.2. The Morgan fingerprint density at radius 1 is 1.24 bits per heavy atom. The maximum absolute atomic E-state index is 9.29. The van der Waals surface area contributed by atoms with Crippen molar-refractivity contribution < 1.29 is 5.11 Å². The molecule has 0 spiro atoms. The summed E-state index contributed by atoms with van der Waals surface area (Å²) in [5.74, 6) is 1.01. The average molecular weight is 320 g/mol. The van der Waals surface area contributed by atoms with Gasteiger partial charge in [-0.15, -0.1) is 11.3 Å². The van der Waals surface area contributed by atoms with E-state index in [0.29, 0.717) is 6.54 Å². The number of hydrogen-bond donors (Lipinski definition) is 2.